The number of hydrogen-bond donors (Lipinski definition) is 0. The van der Waals surface area contributed by atoms with Gasteiger partial charge in [0.15, 0.2) is 11.5 Å². The van der Waals surface area contributed by atoms with E-state index in [-0.39, 0.29) is 5.91 Å². The number of aryl methyl sites for hydroxylation is 1. The summed E-state index contributed by atoms with van der Waals surface area (Å²) in [4.78, 5) is 19.4. The number of aromatic nitrogens is 1. The van der Waals surface area contributed by atoms with Gasteiger partial charge < -0.3 is 14.4 Å². The molecule has 1 aliphatic heterocycles. The van der Waals surface area contributed by atoms with E-state index < -0.39 is 0 Å². The fourth-order valence-electron chi connectivity index (χ4n) is 3.54. The summed E-state index contributed by atoms with van der Waals surface area (Å²) < 4.78 is 10.8. The number of piperidine rings is 1. The van der Waals surface area contributed by atoms with E-state index >= 15 is 0 Å². The van der Waals surface area contributed by atoms with E-state index in [1.165, 1.54) is 18.2 Å². The maximum absolute atomic E-state index is 12.6. The number of fused-ring (bicyclic) bond motifs is 1. The highest BCUT2D eigenvalue weighted by atomic mass is 32.2. The van der Waals surface area contributed by atoms with Crippen LogP contribution in [0.5, 0.6) is 11.5 Å². The zero-order chi connectivity index (χ0) is 19.4. The second kappa shape index (κ2) is 8.83. The molecule has 2 heterocycles. The van der Waals surface area contributed by atoms with Crippen molar-refractivity contribution in [3.8, 4) is 11.5 Å². The summed E-state index contributed by atoms with van der Waals surface area (Å²) in [6.45, 7) is 6.09. The number of methoxy groups -OCH3 is 2. The molecule has 6 heteroatoms. The average Bonchev–Trinajstić information content (AvgIpc) is 2.70. The molecule has 0 saturated carbocycles. The Bertz CT molecular complexity index is 825. The molecule has 27 heavy (non-hydrogen) atoms. The van der Waals surface area contributed by atoms with E-state index in [0.717, 1.165) is 47.4 Å². The van der Waals surface area contributed by atoms with Crippen LogP contribution in [-0.4, -0.2) is 48.9 Å². The SMILES string of the molecule is CCc1cc2cc(OC)c(OC)cc2nc1SCC(=O)N1CCC[C@H](C)C1. The zero-order valence-electron chi connectivity index (χ0n) is 16.6. The van der Waals surface area contributed by atoms with Gasteiger partial charge in [-0.1, -0.05) is 25.6 Å². The number of likely N-dealkylation sites (tertiary alicyclic amines) is 1. The Kier molecular flexibility index (Phi) is 6.47. The standard InChI is InChI=1S/C21H28N2O3S/c1-5-15-9-16-10-18(25-3)19(26-4)11-17(16)22-21(15)27-13-20(24)23-8-6-7-14(2)12-23/h9-11,14H,5-8,12-13H2,1-4H3/t14-/m0/s1. The summed E-state index contributed by atoms with van der Waals surface area (Å²) in [5, 5.41) is 1.95. The minimum atomic E-state index is 0.211. The van der Waals surface area contributed by atoms with E-state index in [1.807, 2.05) is 17.0 Å². The lowest BCUT2D eigenvalue weighted by Crippen LogP contribution is -2.40. The van der Waals surface area contributed by atoms with Crippen LogP contribution in [0.1, 0.15) is 32.3 Å². The van der Waals surface area contributed by atoms with Crippen LogP contribution in [0.25, 0.3) is 10.9 Å². The van der Waals surface area contributed by atoms with Crippen molar-refractivity contribution in [3.05, 3.63) is 23.8 Å². The van der Waals surface area contributed by atoms with Crippen molar-refractivity contribution in [1.29, 1.82) is 0 Å². The second-order valence-electron chi connectivity index (χ2n) is 7.08. The molecule has 1 fully saturated rings. The fraction of sp³-hybridized carbons (Fsp3) is 0.524. The van der Waals surface area contributed by atoms with Crippen molar-refractivity contribution in [2.45, 2.75) is 38.1 Å². The summed E-state index contributed by atoms with van der Waals surface area (Å²) in [6.07, 6.45) is 3.19. The maximum Gasteiger partial charge on any atom is 0.232 e. The smallest absolute Gasteiger partial charge is 0.232 e. The maximum atomic E-state index is 12.6. The summed E-state index contributed by atoms with van der Waals surface area (Å²) >= 11 is 1.54. The Morgan fingerprint density at radius 1 is 1.26 bits per heavy atom. The van der Waals surface area contributed by atoms with Gasteiger partial charge in [-0.2, -0.15) is 0 Å². The predicted octanol–water partition coefficient (Wildman–Crippen LogP) is 4.17. The average molecular weight is 389 g/mol. The minimum absolute atomic E-state index is 0.211. The van der Waals surface area contributed by atoms with Crippen LogP contribution >= 0.6 is 11.8 Å². The van der Waals surface area contributed by atoms with Crippen LogP contribution in [0.3, 0.4) is 0 Å². The van der Waals surface area contributed by atoms with Gasteiger partial charge in [0.2, 0.25) is 5.91 Å². The highest BCUT2D eigenvalue weighted by Crippen LogP contribution is 2.34. The third-order valence-electron chi connectivity index (χ3n) is 5.08. The third kappa shape index (κ3) is 4.49. The van der Waals surface area contributed by atoms with E-state index in [9.17, 15) is 4.79 Å². The van der Waals surface area contributed by atoms with Crippen molar-refractivity contribution in [1.82, 2.24) is 9.88 Å². The number of pyridine rings is 1. The zero-order valence-corrected chi connectivity index (χ0v) is 17.4. The number of amides is 1. The molecular weight excluding hydrogens is 360 g/mol. The molecule has 0 unspecified atom stereocenters. The topological polar surface area (TPSA) is 51.7 Å². The van der Waals surface area contributed by atoms with Crippen LogP contribution in [-0.2, 0) is 11.2 Å². The molecular formula is C21H28N2O3S. The molecule has 2 aromatic rings. The Labute approximate surface area is 165 Å². The van der Waals surface area contributed by atoms with Gasteiger partial charge >= 0.3 is 0 Å². The Hall–Kier alpha value is -1.95. The molecule has 0 spiro atoms. The Morgan fingerprint density at radius 3 is 2.67 bits per heavy atom. The normalized spacial score (nSPS) is 17.2. The van der Waals surface area contributed by atoms with Crippen molar-refractivity contribution < 1.29 is 14.3 Å². The molecule has 0 bridgehead atoms. The first kappa shape index (κ1) is 19.8. The van der Waals surface area contributed by atoms with E-state index in [2.05, 4.69) is 19.9 Å². The molecule has 3 rings (SSSR count). The van der Waals surface area contributed by atoms with Crippen LogP contribution in [0.4, 0.5) is 0 Å². The second-order valence-corrected chi connectivity index (χ2v) is 8.05. The molecule has 1 amide bonds. The molecule has 1 atom stereocenters. The highest BCUT2D eigenvalue weighted by molar-refractivity contribution is 7.99. The number of hydrogen-bond acceptors (Lipinski definition) is 5. The fourth-order valence-corrected chi connectivity index (χ4v) is 4.54. The van der Waals surface area contributed by atoms with E-state index in [0.29, 0.717) is 23.2 Å². The van der Waals surface area contributed by atoms with E-state index in [1.54, 1.807) is 14.2 Å². The van der Waals surface area contributed by atoms with Gasteiger partial charge in [-0.15, -0.1) is 0 Å². The largest absolute Gasteiger partial charge is 0.493 e. The summed E-state index contributed by atoms with van der Waals surface area (Å²) in [5.74, 6) is 2.61. The molecule has 1 aromatic carbocycles. The van der Waals surface area contributed by atoms with Crippen LogP contribution in [0.2, 0.25) is 0 Å². The number of benzene rings is 1. The lowest BCUT2D eigenvalue weighted by molar-refractivity contribution is -0.130. The van der Waals surface area contributed by atoms with Crippen molar-refractivity contribution in [2.24, 2.45) is 5.92 Å². The van der Waals surface area contributed by atoms with Crippen molar-refractivity contribution in [3.63, 3.8) is 0 Å². The number of nitrogens with zero attached hydrogens (tertiary/aromatic N) is 2. The minimum Gasteiger partial charge on any atom is -0.493 e. The first-order valence-electron chi connectivity index (χ1n) is 9.52. The van der Waals surface area contributed by atoms with Crippen molar-refractivity contribution in [2.75, 3.05) is 33.1 Å². The molecule has 1 aliphatic rings. The van der Waals surface area contributed by atoms with Gasteiger partial charge in [-0.05, 0) is 42.9 Å². The molecule has 0 N–H and O–H groups in total. The number of carbonyl (C=O) groups excluding carboxylic acids is 1. The highest BCUT2D eigenvalue weighted by Gasteiger charge is 2.21. The van der Waals surface area contributed by atoms with Gasteiger partial charge in [0, 0.05) is 24.5 Å². The third-order valence-corrected chi connectivity index (χ3v) is 6.10. The van der Waals surface area contributed by atoms with Gasteiger partial charge in [-0.3, -0.25) is 4.79 Å². The van der Waals surface area contributed by atoms with Gasteiger partial charge in [0.05, 0.1) is 25.5 Å². The number of thioether (sulfide) groups is 1. The van der Waals surface area contributed by atoms with Crippen molar-refractivity contribution >= 4 is 28.6 Å². The molecule has 146 valence electrons. The first-order valence-corrected chi connectivity index (χ1v) is 10.5. The lowest BCUT2D eigenvalue weighted by Gasteiger charge is -2.30. The quantitative estimate of drug-likeness (QED) is 0.696. The molecule has 5 nitrogen and oxygen atoms in total. The van der Waals surface area contributed by atoms with Gasteiger partial charge in [0.25, 0.3) is 0 Å². The number of carbonyl (C=O) groups is 1. The lowest BCUT2D eigenvalue weighted by atomic mass is 10.0. The Morgan fingerprint density at radius 2 is 2.00 bits per heavy atom. The van der Waals surface area contributed by atoms with Gasteiger partial charge in [-0.25, -0.2) is 4.98 Å². The number of ether oxygens (including phenoxy) is 2. The Balaban J connectivity index is 1.81. The molecule has 0 radical (unpaired) electrons. The molecule has 0 aliphatic carbocycles. The molecule has 1 aromatic heterocycles. The van der Waals surface area contributed by atoms with Gasteiger partial charge in [0.1, 0.15) is 5.03 Å². The van der Waals surface area contributed by atoms with Crippen LogP contribution in [0.15, 0.2) is 23.2 Å². The van der Waals surface area contributed by atoms with Crippen LogP contribution in [0, 0.1) is 5.92 Å². The van der Waals surface area contributed by atoms with Crippen LogP contribution < -0.4 is 9.47 Å². The van der Waals surface area contributed by atoms with E-state index in [4.69, 9.17) is 14.5 Å². The monoisotopic (exact) mass is 388 g/mol. The number of rotatable bonds is 6. The summed E-state index contributed by atoms with van der Waals surface area (Å²) in [6, 6.07) is 5.99. The first-order chi connectivity index (χ1) is 13.0. The molecule has 1 saturated heterocycles. The summed E-state index contributed by atoms with van der Waals surface area (Å²) in [7, 11) is 3.26. The summed E-state index contributed by atoms with van der Waals surface area (Å²) in [5.41, 5.74) is 2.01. The predicted molar refractivity (Wildman–Crippen MR) is 110 cm³/mol.